The number of unbranched alkanes of at least 4 members (excludes halogenated alkanes) is 1. The van der Waals surface area contributed by atoms with Crippen LogP contribution < -0.4 is 0 Å². The maximum atomic E-state index is 12.2. The van der Waals surface area contributed by atoms with Crippen LogP contribution in [0.1, 0.15) is 25.3 Å². The van der Waals surface area contributed by atoms with Crippen LogP contribution in [0.15, 0.2) is 66.7 Å². The first-order valence-corrected chi connectivity index (χ1v) is 9.19. The molecule has 0 unspecified atom stereocenters. The van der Waals surface area contributed by atoms with Gasteiger partial charge in [-0.05, 0) is 44.3 Å². The number of rotatable bonds is 6. The molecule has 4 aromatic carbocycles. The molecule has 2 nitrogen and oxygen atoms in total. The summed E-state index contributed by atoms with van der Waals surface area (Å²) in [5, 5.41) is 7.47. The molecule has 0 spiro atoms. The van der Waals surface area contributed by atoms with Gasteiger partial charge in [-0.3, -0.25) is 0 Å². The van der Waals surface area contributed by atoms with Crippen molar-refractivity contribution in [1.29, 1.82) is 0 Å². The van der Waals surface area contributed by atoms with E-state index in [0.29, 0.717) is 18.6 Å². The quantitative estimate of drug-likeness (QED) is 0.185. The lowest BCUT2D eigenvalue weighted by Gasteiger charge is -2.14. The second kappa shape index (κ2) is 6.80. The molecule has 0 heterocycles. The molecular weight excluding hydrogens is 320 g/mol. The lowest BCUT2D eigenvalue weighted by molar-refractivity contribution is -0.139. The first-order valence-electron chi connectivity index (χ1n) is 9.19. The van der Waals surface area contributed by atoms with Crippen LogP contribution >= 0.6 is 0 Å². The zero-order chi connectivity index (χ0) is 18.1. The maximum absolute atomic E-state index is 12.2. The minimum absolute atomic E-state index is 0.288. The third-order valence-corrected chi connectivity index (χ3v) is 5.04. The van der Waals surface area contributed by atoms with E-state index >= 15 is 0 Å². The number of esters is 1. The van der Waals surface area contributed by atoms with Gasteiger partial charge in [-0.1, -0.05) is 74.5 Å². The van der Waals surface area contributed by atoms with Crippen LogP contribution in [0.2, 0.25) is 0 Å². The Bertz CT molecular complexity index is 1090. The highest BCUT2D eigenvalue weighted by Gasteiger charge is 2.14. The second-order valence-electron chi connectivity index (χ2n) is 6.85. The average molecular weight is 342 g/mol. The van der Waals surface area contributed by atoms with Gasteiger partial charge < -0.3 is 4.74 Å². The fraction of sp³-hybridized carbons (Fsp3) is 0.208. The van der Waals surface area contributed by atoms with Gasteiger partial charge in [-0.2, -0.15) is 0 Å². The highest BCUT2D eigenvalue weighted by molar-refractivity contribution is 6.23. The Labute approximate surface area is 153 Å². The lowest BCUT2D eigenvalue weighted by Crippen LogP contribution is -2.10. The van der Waals surface area contributed by atoms with Crippen LogP contribution in [0.5, 0.6) is 0 Å². The van der Waals surface area contributed by atoms with E-state index in [2.05, 4.69) is 68.1 Å². The first-order chi connectivity index (χ1) is 12.7. The summed E-state index contributed by atoms with van der Waals surface area (Å²) in [7, 11) is 0. The third-order valence-electron chi connectivity index (χ3n) is 5.04. The van der Waals surface area contributed by atoms with Crippen LogP contribution in [0.3, 0.4) is 0 Å². The molecule has 0 atom stereocenters. The molecule has 0 aromatic heterocycles. The minimum Gasteiger partial charge on any atom is -0.462 e. The normalized spacial score (nSPS) is 11.4. The molecule has 4 rings (SSSR count). The van der Waals surface area contributed by atoms with Gasteiger partial charge in [0, 0.05) is 12.0 Å². The van der Waals surface area contributed by atoms with Gasteiger partial charge in [0.1, 0.15) is 0 Å². The molecule has 0 saturated heterocycles. The van der Waals surface area contributed by atoms with Crippen molar-refractivity contribution >= 4 is 38.3 Å². The average Bonchev–Trinajstić information content (AvgIpc) is 2.67. The predicted molar refractivity (Wildman–Crippen MR) is 109 cm³/mol. The molecular formula is C24H22O2. The summed E-state index contributed by atoms with van der Waals surface area (Å²) in [6, 6.07) is 19.3. The second-order valence-corrected chi connectivity index (χ2v) is 6.85. The molecule has 0 aliphatic heterocycles. The Morgan fingerprint density at radius 2 is 1.58 bits per heavy atom. The Morgan fingerprint density at radius 1 is 0.923 bits per heavy atom. The summed E-state index contributed by atoms with van der Waals surface area (Å²) in [4.78, 5) is 12.2. The van der Waals surface area contributed by atoms with Crippen molar-refractivity contribution in [3.8, 4) is 0 Å². The van der Waals surface area contributed by atoms with Crippen molar-refractivity contribution in [2.24, 2.45) is 0 Å². The van der Waals surface area contributed by atoms with Crippen LogP contribution in [0.25, 0.3) is 32.3 Å². The fourth-order valence-electron chi connectivity index (χ4n) is 3.66. The molecule has 2 heteroatoms. The topological polar surface area (TPSA) is 26.3 Å². The van der Waals surface area contributed by atoms with Crippen LogP contribution in [-0.2, 0) is 16.0 Å². The van der Waals surface area contributed by atoms with Gasteiger partial charge in [-0.25, -0.2) is 4.79 Å². The number of ether oxygens (including phenoxy) is 1. The lowest BCUT2D eigenvalue weighted by atomic mass is 9.90. The molecule has 0 bridgehead atoms. The summed E-state index contributed by atoms with van der Waals surface area (Å²) in [6.07, 6.45) is 2.41. The van der Waals surface area contributed by atoms with Crippen molar-refractivity contribution in [3.05, 3.63) is 72.3 Å². The van der Waals surface area contributed by atoms with E-state index in [1.165, 1.54) is 32.3 Å². The summed E-state index contributed by atoms with van der Waals surface area (Å²) >= 11 is 0. The van der Waals surface area contributed by atoms with Gasteiger partial charge >= 0.3 is 5.97 Å². The summed E-state index contributed by atoms with van der Waals surface area (Å²) < 4.78 is 5.30. The highest BCUT2D eigenvalue weighted by Crippen LogP contribution is 2.36. The van der Waals surface area contributed by atoms with Gasteiger partial charge in [0.25, 0.3) is 0 Å². The van der Waals surface area contributed by atoms with E-state index in [1.54, 1.807) is 0 Å². The highest BCUT2D eigenvalue weighted by atomic mass is 16.5. The SMILES string of the molecule is C=C(Cc1ccc2ccc3cccc4ccc1c2c34)C(=O)OCCCC. The van der Waals surface area contributed by atoms with E-state index in [1.807, 2.05) is 0 Å². The van der Waals surface area contributed by atoms with Crippen molar-refractivity contribution in [2.75, 3.05) is 6.61 Å². The van der Waals surface area contributed by atoms with Gasteiger partial charge in [0.15, 0.2) is 0 Å². The molecule has 0 fully saturated rings. The summed E-state index contributed by atoms with van der Waals surface area (Å²) in [6.45, 7) is 6.51. The standard InChI is InChI=1S/C24H22O2/c1-3-4-14-26-24(25)16(2)15-20-11-10-19-9-8-17-6-5-7-18-12-13-21(20)23(19)22(17)18/h5-13H,2-4,14-15H2,1H3. The molecule has 0 aliphatic carbocycles. The first kappa shape index (κ1) is 16.6. The van der Waals surface area contributed by atoms with E-state index in [-0.39, 0.29) is 5.97 Å². The number of carbonyl (C=O) groups excluding carboxylic acids is 1. The molecule has 0 radical (unpaired) electrons. The van der Waals surface area contributed by atoms with Crippen LogP contribution in [-0.4, -0.2) is 12.6 Å². The monoisotopic (exact) mass is 342 g/mol. The Kier molecular flexibility index (Phi) is 4.34. The van der Waals surface area contributed by atoms with E-state index in [0.717, 1.165) is 18.4 Å². The van der Waals surface area contributed by atoms with Gasteiger partial charge in [0.2, 0.25) is 0 Å². The van der Waals surface area contributed by atoms with E-state index < -0.39 is 0 Å². The number of carbonyl (C=O) groups is 1. The zero-order valence-electron chi connectivity index (χ0n) is 15.0. The van der Waals surface area contributed by atoms with Crippen molar-refractivity contribution in [3.63, 3.8) is 0 Å². The van der Waals surface area contributed by atoms with Crippen molar-refractivity contribution in [2.45, 2.75) is 26.2 Å². The van der Waals surface area contributed by atoms with Gasteiger partial charge in [-0.15, -0.1) is 0 Å². The van der Waals surface area contributed by atoms with Crippen LogP contribution in [0, 0.1) is 0 Å². The molecule has 4 aromatic rings. The van der Waals surface area contributed by atoms with Crippen molar-refractivity contribution in [1.82, 2.24) is 0 Å². The maximum Gasteiger partial charge on any atom is 0.333 e. The van der Waals surface area contributed by atoms with Crippen molar-refractivity contribution < 1.29 is 9.53 Å². The van der Waals surface area contributed by atoms with Gasteiger partial charge in [0.05, 0.1) is 6.61 Å². The minimum atomic E-state index is -0.288. The van der Waals surface area contributed by atoms with Crippen LogP contribution in [0.4, 0.5) is 0 Å². The smallest absolute Gasteiger partial charge is 0.333 e. The van der Waals surface area contributed by atoms with E-state index in [4.69, 9.17) is 4.74 Å². The molecule has 0 amide bonds. The molecule has 130 valence electrons. The summed E-state index contributed by atoms with van der Waals surface area (Å²) in [5.41, 5.74) is 1.63. The molecule has 0 N–H and O–H groups in total. The third kappa shape index (κ3) is 2.82. The number of hydrogen-bond donors (Lipinski definition) is 0. The largest absolute Gasteiger partial charge is 0.462 e. The molecule has 0 saturated carbocycles. The zero-order valence-corrected chi connectivity index (χ0v) is 15.0. The van der Waals surface area contributed by atoms with E-state index in [9.17, 15) is 4.79 Å². The molecule has 26 heavy (non-hydrogen) atoms. The summed E-state index contributed by atoms with van der Waals surface area (Å²) in [5.74, 6) is -0.288. The number of hydrogen-bond acceptors (Lipinski definition) is 2. The fourth-order valence-corrected chi connectivity index (χ4v) is 3.66. The Hall–Kier alpha value is -2.87. The predicted octanol–water partition coefficient (Wildman–Crippen LogP) is 6.03. The number of benzene rings is 4. The molecule has 0 aliphatic rings. The Morgan fingerprint density at radius 3 is 2.31 bits per heavy atom. The Balaban J connectivity index is 1.74.